The molecule has 0 N–H and O–H groups in total. The van der Waals surface area contributed by atoms with E-state index in [2.05, 4.69) is 37.4 Å². The number of nitrogens with zero attached hydrogens (tertiary/aromatic N) is 3. The van der Waals surface area contributed by atoms with Crippen LogP contribution in [0.4, 0.5) is 4.79 Å². The van der Waals surface area contributed by atoms with Crippen molar-refractivity contribution in [2.24, 2.45) is 0 Å². The number of amides is 1. The van der Waals surface area contributed by atoms with Gasteiger partial charge in [0, 0.05) is 25.7 Å². The molecule has 0 atom stereocenters. The summed E-state index contributed by atoms with van der Waals surface area (Å²) >= 11 is 0. The fourth-order valence-corrected chi connectivity index (χ4v) is 3.00. The topological polar surface area (TPSA) is 47.4 Å². The van der Waals surface area contributed by atoms with Gasteiger partial charge in [0.1, 0.15) is 5.60 Å². The monoisotopic (exact) mass is 341 g/mol. The van der Waals surface area contributed by atoms with Crippen LogP contribution in [-0.2, 0) is 24.1 Å². The Labute approximate surface area is 149 Å². The summed E-state index contributed by atoms with van der Waals surface area (Å²) in [4.78, 5) is 14.0. The minimum Gasteiger partial charge on any atom is -0.444 e. The van der Waals surface area contributed by atoms with E-state index in [4.69, 9.17) is 9.84 Å². The lowest BCUT2D eigenvalue weighted by Crippen LogP contribution is -2.38. The molecule has 1 aliphatic heterocycles. The number of ether oxygens (including phenoxy) is 1. The first-order chi connectivity index (χ1) is 11.8. The van der Waals surface area contributed by atoms with Crippen molar-refractivity contribution in [1.82, 2.24) is 14.7 Å². The second-order valence-electron chi connectivity index (χ2n) is 7.75. The van der Waals surface area contributed by atoms with Gasteiger partial charge in [-0.2, -0.15) is 5.10 Å². The van der Waals surface area contributed by atoms with Crippen molar-refractivity contribution in [2.75, 3.05) is 13.1 Å². The first-order valence-corrected chi connectivity index (χ1v) is 8.89. The summed E-state index contributed by atoms with van der Waals surface area (Å²) in [5.41, 5.74) is 4.39. The number of rotatable bonds is 2. The van der Waals surface area contributed by atoms with Crippen molar-refractivity contribution in [2.45, 2.75) is 52.7 Å². The van der Waals surface area contributed by atoms with Crippen molar-refractivity contribution in [3.8, 4) is 0 Å². The molecule has 0 radical (unpaired) electrons. The van der Waals surface area contributed by atoms with Crippen LogP contribution in [0, 0.1) is 6.92 Å². The van der Waals surface area contributed by atoms with E-state index in [9.17, 15) is 4.79 Å². The van der Waals surface area contributed by atoms with Crippen LogP contribution in [0.3, 0.4) is 0 Å². The van der Waals surface area contributed by atoms with Gasteiger partial charge in [0.05, 0.1) is 12.2 Å². The summed E-state index contributed by atoms with van der Waals surface area (Å²) in [5.74, 6) is 0. The van der Waals surface area contributed by atoms with E-state index in [1.54, 1.807) is 4.90 Å². The number of aryl methyl sites for hydroxylation is 1. The van der Waals surface area contributed by atoms with Crippen LogP contribution in [0.1, 0.15) is 43.2 Å². The number of benzene rings is 1. The molecule has 0 bridgehead atoms. The second kappa shape index (κ2) is 6.90. The van der Waals surface area contributed by atoms with E-state index < -0.39 is 5.60 Å². The van der Waals surface area contributed by atoms with E-state index in [0.717, 1.165) is 25.1 Å². The molecule has 25 heavy (non-hydrogen) atoms. The quantitative estimate of drug-likeness (QED) is 0.839. The zero-order chi connectivity index (χ0) is 18.0. The third kappa shape index (κ3) is 4.62. The highest BCUT2D eigenvalue weighted by molar-refractivity contribution is 5.68. The van der Waals surface area contributed by atoms with Crippen LogP contribution in [0.25, 0.3) is 0 Å². The Morgan fingerprint density at radius 3 is 2.52 bits per heavy atom. The van der Waals surface area contributed by atoms with Crippen LogP contribution in [-0.4, -0.2) is 39.5 Å². The molecule has 0 saturated heterocycles. The Morgan fingerprint density at radius 1 is 1.16 bits per heavy atom. The van der Waals surface area contributed by atoms with Crippen molar-refractivity contribution in [3.63, 3.8) is 0 Å². The summed E-state index contributed by atoms with van der Waals surface area (Å²) in [7, 11) is 0. The molecule has 5 heteroatoms. The molecule has 1 aliphatic rings. The molecule has 3 rings (SSSR count). The Morgan fingerprint density at radius 2 is 1.84 bits per heavy atom. The highest BCUT2D eigenvalue weighted by atomic mass is 16.6. The smallest absolute Gasteiger partial charge is 0.410 e. The number of hydrogen-bond acceptors (Lipinski definition) is 3. The lowest BCUT2D eigenvalue weighted by Gasteiger charge is -2.26. The van der Waals surface area contributed by atoms with Crippen molar-refractivity contribution >= 4 is 6.09 Å². The van der Waals surface area contributed by atoms with Gasteiger partial charge in [0.15, 0.2) is 0 Å². The maximum Gasteiger partial charge on any atom is 0.410 e. The molecule has 1 aromatic carbocycles. The average molecular weight is 341 g/mol. The summed E-state index contributed by atoms with van der Waals surface area (Å²) in [6.45, 7) is 9.90. The standard InChI is InChI=1S/C20H27N3O2/c1-15-5-7-16(8-6-15)13-23-14-17-9-11-22(12-10-18(17)21-23)19(24)25-20(2,3)4/h5-8,14H,9-13H2,1-4H3. The number of fused-ring (bicyclic) bond motifs is 1. The van der Waals surface area contributed by atoms with Gasteiger partial charge in [0.25, 0.3) is 0 Å². The number of carbonyl (C=O) groups is 1. The van der Waals surface area contributed by atoms with Crippen molar-refractivity contribution in [1.29, 1.82) is 0 Å². The lowest BCUT2D eigenvalue weighted by atomic mass is 10.1. The van der Waals surface area contributed by atoms with Gasteiger partial charge in [-0.05, 0) is 45.2 Å². The Balaban J connectivity index is 1.63. The van der Waals surface area contributed by atoms with Gasteiger partial charge in [-0.25, -0.2) is 4.79 Å². The Kier molecular flexibility index (Phi) is 4.84. The molecule has 5 nitrogen and oxygen atoms in total. The molecule has 1 amide bonds. The predicted octanol–water partition coefficient (Wildman–Crippen LogP) is 3.58. The summed E-state index contributed by atoms with van der Waals surface area (Å²) in [5, 5.41) is 4.73. The van der Waals surface area contributed by atoms with Crippen LogP contribution < -0.4 is 0 Å². The minimum absolute atomic E-state index is 0.231. The van der Waals surface area contributed by atoms with Crippen molar-refractivity contribution < 1.29 is 9.53 Å². The second-order valence-corrected chi connectivity index (χ2v) is 7.75. The normalized spacial score (nSPS) is 14.8. The molecule has 0 spiro atoms. The zero-order valence-electron chi connectivity index (χ0n) is 15.6. The molecule has 0 unspecified atom stereocenters. The SMILES string of the molecule is Cc1ccc(Cn2cc3c(n2)CCN(C(=O)OC(C)(C)C)CC3)cc1. The fourth-order valence-electron chi connectivity index (χ4n) is 3.00. The molecule has 2 aromatic rings. The molecule has 1 aromatic heterocycles. The molecule has 0 fully saturated rings. The van der Waals surface area contributed by atoms with E-state index >= 15 is 0 Å². The maximum absolute atomic E-state index is 12.3. The molecular weight excluding hydrogens is 314 g/mol. The van der Waals surface area contributed by atoms with Gasteiger partial charge in [0.2, 0.25) is 0 Å². The fraction of sp³-hybridized carbons (Fsp3) is 0.500. The predicted molar refractivity (Wildman–Crippen MR) is 97.7 cm³/mol. The Hall–Kier alpha value is -2.30. The van der Waals surface area contributed by atoms with Crippen LogP contribution in [0.2, 0.25) is 0 Å². The number of hydrogen-bond donors (Lipinski definition) is 0. The molecule has 134 valence electrons. The van der Waals surface area contributed by atoms with Crippen LogP contribution in [0.15, 0.2) is 30.5 Å². The van der Waals surface area contributed by atoms with Gasteiger partial charge in [-0.3, -0.25) is 4.68 Å². The summed E-state index contributed by atoms with van der Waals surface area (Å²) < 4.78 is 7.49. The molecule has 0 saturated carbocycles. The van der Waals surface area contributed by atoms with E-state index in [1.165, 1.54) is 16.7 Å². The van der Waals surface area contributed by atoms with E-state index in [0.29, 0.717) is 13.1 Å². The Bertz CT molecular complexity index is 716. The summed E-state index contributed by atoms with van der Waals surface area (Å²) in [6, 6.07) is 8.55. The molecular formula is C20H27N3O2. The van der Waals surface area contributed by atoms with Crippen molar-refractivity contribution in [3.05, 3.63) is 52.8 Å². The van der Waals surface area contributed by atoms with E-state index in [-0.39, 0.29) is 6.09 Å². The summed E-state index contributed by atoms with van der Waals surface area (Å²) in [6.07, 6.45) is 3.48. The first kappa shape index (κ1) is 17.5. The van der Waals surface area contributed by atoms with Gasteiger partial charge in [-0.1, -0.05) is 29.8 Å². The van der Waals surface area contributed by atoms with Gasteiger partial charge >= 0.3 is 6.09 Å². The molecule has 0 aliphatic carbocycles. The minimum atomic E-state index is -0.457. The largest absolute Gasteiger partial charge is 0.444 e. The van der Waals surface area contributed by atoms with Crippen LogP contribution >= 0.6 is 0 Å². The highest BCUT2D eigenvalue weighted by Crippen LogP contribution is 2.18. The zero-order valence-corrected chi connectivity index (χ0v) is 15.6. The van der Waals surface area contributed by atoms with Crippen LogP contribution in [0.5, 0.6) is 0 Å². The third-order valence-corrected chi connectivity index (χ3v) is 4.31. The van der Waals surface area contributed by atoms with E-state index in [1.807, 2.05) is 25.5 Å². The van der Waals surface area contributed by atoms with Gasteiger partial charge < -0.3 is 9.64 Å². The average Bonchev–Trinajstić information content (AvgIpc) is 2.79. The lowest BCUT2D eigenvalue weighted by molar-refractivity contribution is 0.0258. The number of aromatic nitrogens is 2. The highest BCUT2D eigenvalue weighted by Gasteiger charge is 2.25. The molecule has 2 heterocycles. The first-order valence-electron chi connectivity index (χ1n) is 8.89. The number of carbonyl (C=O) groups excluding carboxylic acids is 1. The maximum atomic E-state index is 12.3. The van der Waals surface area contributed by atoms with Gasteiger partial charge in [-0.15, -0.1) is 0 Å². The third-order valence-electron chi connectivity index (χ3n) is 4.31.